The van der Waals surface area contributed by atoms with Gasteiger partial charge in [0.2, 0.25) is 11.9 Å². The third kappa shape index (κ3) is 4.60. The molecule has 0 aliphatic carbocycles. The first-order chi connectivity index (χ1) is 15.5. The van der Waals surface area contributed by atoms with Gasteiger partial charge in [-0.2, -0.15) is 0 Å². The van der Waals surface area contributed by atoms with Gasteiger partial charge in [0, 0.05) is 60.8 Å². The number of carbonyl (C=O) groups is 1. The maximum atomic E-state index is 12.3. The van der Waals surface area contributed by atoms with Crippen LogP contribution in [0.15, 0.2) is 48.7 Å². The molecule has 0 bridgehead atoms. The molecule has 0 saturated carbocycles. The van der Waals surface area contributed by atoms with E-state index in [4.69, 9.17) is 16.6 Å². The van der Waals surface area contributed by atoms with Crippen LogP contribution in [0.2, 0.25) is 5.02 Å². The summed E-state index contributed by atoms with van der Waals surface area (Å²) >= 11 is 6.13. The van der Waals surface area contributed by atoms with E-state index in [-0.39, 0.29) is 12.3 Å². The second kappa shape index (κ2) is 8.86. The highest BCUT2D eigenvalue weighted by atomic mass is 35.5. The highest BCUT2D eigenvalue weighted by Crippen LogP contribution is 2.34. The molecule has 1 fully saturated rings. The number of fused-ring (bicyclic) bond motifs is 3. The molecular formula is C24H25ClN6O. The number of halogens is 1. The van der Waals surface area contributed by atoms with Crippen LogP contribution in [0.25, 0.3) is 11.3 Å². The molecule has 0 radical (unpaired) electrons. The molecule has 1 aromatic heterocycles. The average Bonchev–Trinajstić information content (AvgIpc) is 2.90. The number of likely N-dealkylation sites (N-methyl/N-ethyl adjacent to an activating group) is 1. The maximum absolute atomic E-state index is 12.3. The van der Waals surface area contributed by atoms with E-state index in [2.05, 4.69) is 50.7 Å². The normalized spacial score (nSPS) is 16.6. The molecule has 7 nitrogen and oxygen atoms in total. The van der Waals surface area contributed by atoms with Crippen molar-refractivity contribution in [2.24, 2.45) is 0 Å². The average molecular weight is 449 g/mol. The van der Waals surface area contributed by atoms with Gasteiger partial charge in [0.15, 0.2) is 0 Å². The predicted molar refractivity (Wildman–Crippen MR) is 127 cm³/mol. The Kier molecular flexibility index (Phi) is 5.78. The molecule has 164 valence electrons. The van der Waals surface area contributed by atoms with Crippen LogP contribution in [0.1, 0.15) is 11.1 Å². The lowest BCUT2D eigenvalue weighted by Gasteiger charge is -2.32. The molecule has 0 spiro atoms. The number of rotatable bonds is 4. The van der Waals surface area contributed by atoms with Gasteiger partial charge >= 0.3 is 0 Å². The third-order valence-electron chi connectivity index (χ3n) is 5.91. The molecule has 5 rings (SSSR count). The Morgan fingerprint density at radius 3 is 2.81 bits per heavy atom. The Hall–Kier alpha value is -3.00. The number of hydrogen-bond acceptors (Lipinski definition) is 6. The molecule has 3 heterocycles. The lowest BCUT2D eigenvalue weighted by Crippen LogP contribution is -2.43. The molecule has 1 saturated heterocycles. The first-order valence-electron chi connectivity index (χ1n) is 10.8. The van der Waals surface area contributed by atoms with Crippen LogP contribution in [0.4, 0.5) is 17.3 Å². The Labute approximate surface area is 192 Å². The Balaban J connectivity index is 1.38. The minimum atomic E-state index is -0.104. The van der Waals surface area contributed by atoms with Gasteiger partial charge in [-0.05, 0) is 42.9 Å². The summed E-state index contributed by atoms with van der Waals surface area (Å²) in [6, 6.07) is 13.8. The maximum Gasteiger partial charge on any atom is 0.228 e. The minimum absolute atomic E-state index is 0.104. The summed E-state index contributed by atoms with van der Waals surface area (Å²) < 4.78 is 0. The largest absolute Gasteiger partial charge is 0.325 e. The molecule has 0 unspecified atom stereocenters. The van der Waals surface area contributed by atoms with Gasteiger partial charge < -0.3 is 15.5 Å². The van der Waals surface area contributed by atoms with Crippen molar-refractivity contribution >= 4 is 34.8 Å². The van der Waals surface area contributed by atoms with Crippen molar-refractivity contribution in [3.8, 4) is 11.3 Å². The van der Waals surface area contributed by atoms with Crippen molar-refractivity contribution in [3.63, 3.8) is 0 Å². The standard InChI is InChI=1S/C24H25ClN6O/c1-30-7-9-31(10-8-30)15-16-3-2-4-19(11-16)27-24-26-14-17-12-22(32)28-21-13-18(25)5-6-20(21)23(17)29-24/h2-6,11,13-14H,7-10,12,15H2,1H3,(H,28,32)(H,26,27,29). The quantitative estimate of drug-likeness (QED) is 0.632. The van der Waals surface area contributed by atoms with Gasteiger partial charge in [-0.25, -0.2) is 9.97 Å². The Morgan fingerprint density at radius 2 is 1.97 bits per heavy atom. The summed E-state index contributed by atoms with van der Waals surface area (Å²) in [5.41, 5.74) is 5.23. The number of nitrogens with one attached hydrogen (secondary N) is 2. The molecule has 1 amide bonds. The van der Waals surface area contributed by atoms with Gasteiger partial charge in [-0.15, -0.1) is 0 Å². The van der Waals surface area contributed by atoms with Gasteiger partial charge in [0.05, 0.1) is 17.8 Å². The third-order valence-corrected chi connectivity index (χ3v) is 6.15. The number of benzene rings is 2. The first kappa shape index (κ1) is 20.9. The number of nitrogens with zero attached hydrogens (tertiary/aromatic N) is 4. The molecule has 8 heteroatoms. The summed E-state index contributed by atoms with van der Waals surface area (Å²) in [6.07, 6.45) is 1.95. The van der Waals surface area contributed by atoms with Crippen LogP contribution in [0.3, 0.4) is 0 Å². The van der Waals surface area contributed by atoms with Crippen LogP contribution in [-0.4, -0.2) is 58.9 Å². The van der Waals surface area contributed by atoms with Crippen LogP contribution < -0.4 is 10.6 Å². The zero-order valence-corrected chi connectivity index (χ0v) is 18.7. The zero-order chi connectivity index (χ0) is 22.1. The van der Waals surface area contributed by atoms with Crippen LogP contribution in [0.5, 0.6) is 0 Å². The molecule has 0 atom stereocenters. The van der Waals surface area contributed by atoms with Crippen molar-refractivity contribution in [2.45, 2.75) is 13.0 Å². The van der Waals surface area contributed by atoms with Crippen LogP contribution in [-0.2, 0) is 17.8 Å². The van der Waals surface area contributed by atoms with E-state index in [1.807, 2.05) is 12.1 Å². The van der Waals surface area contributed by atoms with E-state index in [1.165, 1.54) is 5.56 Å². The summed E-state index contributed by atoms with van der Waals surface area (Å²) in [6.45, 7) is 5.29. The van der Waals surface area contributed by atoms with Gasteiger partial charge in [0.25, 0.3) is 0 Å². The second-order valence-electron chi connectivity index (χ2n) is 8.39. The molecule has 2 aliphatic heterocycles. The monoisotopic (exact) mass is 448 g/mol. The van der Waals surface area contributed by atoms with Crippen molar-refractivity contribution in [1.82, 2.24) is 19.8 Å². The van der Waals surface area contributed by atoms with E-state index < -0.39 is 0 Å². The lowest BCUT2D eigenvalue weighted by molar-refractivity contribution is -0.115. The van der Waals surface area contributed by atoms with Crippen molar-refractivity contribution < 1.29 is 4.79 Å². The summed E-state index contributed by atoms with van der Waals surface area (Å²) in [5.74, 6) is 0.393. The predicted octanol–water partition coefficient (Wildman–Crippen LogP) is 3.78. The van der Waals surface area contributed by atoms with Gasteiger partial charge in [0.1, 0.15) is 0 Å². The highest BCUT2D eigenvalue weighted by molar-refractivity contribution is 6.31. The van der Waals surface area contributed by atoms with Crippen molar-refractivity contribution in [2.75, 3.05) is 43.9 Å². The number of hydrogen-bond donors (Lipinski definition) is 2. The van der Waals surface area contributed by atoms with E-state index >= 15 is 0 Å². The molecular weight excluding hydrogens is 424 g/mol. The lowest BCUT2D eigenvalue weighted by atomic mass is 10.1. The Morgan fingerprint density at radius 1 is 1.12 bits per heavy atom. The van der Waals surface area contributed by atoms with E-state index in [9.17, 15) is 4.79 Å². The fourth-order valence-electron chi connectivity index (χ4n) is 4.16. The fourth-order valence-corrected chi connectivity index (χ4v) is 4.34. The van der Waals surface area contributed by atoms with E-state index in [0.717, 1.165) is 55.2 Å². The number of carbonyl (C=O) groups excluding carboxylic acids is 1. The van der Waals surface area contributed by atoms with Crippen molar-refractivity contribution in [1.29, 1.82) is 0 Å². The fraction of sp³-hybridized carbons (Fsp3) is 0.292. The molecule has 3 aromatic rings. The number of amides is 1. The smallest absolute Gasteiger partial charge is 0.228 e. The number of piperazine rings is 1. The molecule has 2 N–H and O–H groups in total. The molecule has 2 aromatic carbocycles. The summed E-state index contributed by atoms with van der Waals surface area (Å²) in [4.78, 5) is 26.3. The van der Waals surface area contributed by atoms with Crippen LogP contribution in [0, 0.1) is 0 Å². The second-order valence-corrected chi connectivity index (χ2v) is 8.82. The highest BCUT2D eigenvalue weighted by Gasteiger charge is 2.21. The van der Waals surface area contributed by atoms with E-state index in [0.29, 0.717) is 16.7 Å². The number of anilines is 3. The number of aromatic nitrogens is 2. The molecule has 32 heavy (non-hydrogen) atoms. The SMILES string of the molecule is CN1CCN(Cc2cccc(Nc3ncc4c(n3)-c3ccc(Cl)cc3NC(=O)C4)c2)CC1. The van der Waals surface area contributed by atoms with Gasteiger partial charge in [-0.3, -0.25) is 9.69 Å². The minimum Gasteiger partial charge on any atom is -0.325 e. The topological polar surface area (TPSA) is 73.4 Å². The first-order valence-corrected chi connectivity index (χ1v) is 11.1. The van der Waals surface area contributed by atoms with Crippen molar-refractivity contribution in [3.05, 3.63) is 64.8 Å². The zero-order valence-electron chi connectivity index (χ0n) is 17.9. The summed E-state index contributed by atoms with van der Waals surface area (Å²) in [5, 5.41) is 6.81. The van der Waals surface area contributed by atoms with Gasteiger partial charge in [-0.1, -0.05) is 23.7 Å². The van der Waals surface area contributed by atoms with Crippen LogP contribution >= 0.6 is 11.6 Å². The van der Waals surface area contributed by atoms with E-state index in [1.54, 1.807) is 18.3 Å². The molecule has 2 aliphatic rings. The Bertz CT molecular complexity index is 1160. The summed E-state index contributed by atoms with van der Waals surface area (Å²) in [7, 11) is 2.17.